The molecular weight excluding hydrogens is 861 g/mol. The number of pyridine rings is 2. The fraction of sp³-hybridized carbons (Fsp3) is 0.676. The molecule has 0 radical (unpaired) electrons. The summed E-state index contributed by atoms with van der Waals surface area (Å²) >= 11 is 0. The molecule has 6 rings (SSSR count). The van der Waals surface area contributed by atoms with Gasteiger partial charge in [0.2, 0.25) is 0 Å². The predicted octanol–water partition coefficient (Wildman–Crippen LogP) is 21.5. The van der Waals surface area contributed by atoms with Crippen molar-refractivity contribution in [2.24, 2.45) is 23.7 Å². The van der Waals surface area contributed by atoms with Crippen LogP contribution in [0, 0.1) is 23.7 Å². The first kappa shape index (κ1) is 57.0. The molecule has 2 saturated carbocycles. The molecule has 2 heterocycles. The van der Waals surface area contributed by atoms with Gasteiger partial charge in [0, 0.05) is 23.5 Å². The Morgan fingerprint density at radius 2 is 0.690 bits per heavy atom. The third-order valence-electron chi connectivity index (χ3n) is 17.2. The van der Waals surface area contributed by atoms with Gasteiger partial charge in [-0.1, -0.05) is 268 Å². The first-order valence-electron chi connectivity index (χ1n) is 30.8. The number of hydrogen-bond acceptors (Lipinski definition) is 3. The molecule has 2 aliphatic rings. The van der Waals surface area contributed by atoms with E-state index < -0.39 is 0 Å². The van der Waals surface area contributed by atoms with Crippen LogP contribution in [0.3, 0.4) is 0 Å². The van der Waals surface area contributed by atoms with Crippen molar-refractivity contribution in [3.05, 3.63) is 107 Å². The number of hydrogen-bond donors (Lipinski definition) is 0. The van der Waals surface area contributed by atoms with Crippen LogP contribution in [0.5, 0.6) is 0 Å². The van der Waals surface area contributed by atoms with Crippen LogP contribution in [-0.4, -0.2) is 9.97 Å². The van der Waals surface area contributed by atoms with Crippen LogP contribution in [0.2, 0.25) is 0 Å². The third kappa shape index (κ3) is 20.5. The first-order chi connectivity index (χ1) is 35.1. The zero-order chi connectivity index (χ0) is 49.6. The van der Waals surface area contributed by atoms with Gasteiger partial charge in [0.25, 0.3) is 0 Å². The van der Waals surface area contributed by atoms with Crippen LogP contribution in [0.25, 0.3) is 22.5 Å². The van der Waals surface area contributed by atoms with Gasteiger partial charge < -0.3 is 4.74 Å². The first-order valence-corrected chi connectivity index (χ1v) is 30.8. The van der Waals surface area contributed by atoms with E-state index in [-0.39, 0.29) is 12.2 Å². The highest BCUT2D eigenvalue weighted by Crippen LogP contribution is 2.48. The summed E-state index contributed by atoms with van der Waals surface area (Å²) in [6, 6.07) is 28.2. The van der Waals surface area contributed by atoms with Crippen LogP contribution >= 0.6 is 0 Å². The summed E-state index contributed by atoms with van der Waals surface area (Å²) in [4.78, 5) is 10.0. The molecular formula is C68H104N2O. The molecule has 0 aliphatic heterocycles. The van der Waals surface area contributed by atoms with Crippen LogP contribution in [0.1, 0.15) is 280 Å². The van der Waals surface area contributed by atoms with Crippen molar-refractivity contribution in [3.63, 3.8) is 0 Å². The largest absolute Gasteiger partial charge is 0.365 e. The minimum absolute atomic E-state index is 0.0818. The van der Waals surface area contributed by atoms with Gasteiger partial charge in [-0.05, 0) is 109 Å². The summed E-state index contributed by atoms with van der Waals surface area (Å²) in [7, 11) is 0. The Morgan fingerprint density at radius 1 is 0.366 bits per heavy atom. The van der Waals surface area contributed by atoms with E-state index in [1.165, 1.54) is 252 Å². The Hall–Kier alpha value is -3.30. The monoisotopic (exact) mass is 965 g/mol. The quantitative estimate of drug-likeness (QED) is 0.0426. The molecule has 4 aromatic rings. The number of unbranched alkanes of at least 4 members (excludes halogenated alkanes) is 20. The molecule has 0 amide bonds. The summed E-state index contributed by atoms with van der Waals surface area (Å²) < 4.78 is 7.86. The lowest BCUT2D eigenvalue weighted by Gasteiger charge is -2.40. The lowest BCUT2D eigenvalue weighted by Crippen LogP contribution is -2.28. The average Bonchev–Trinajstić information content (AvgIpc) is 3.42. The Morgan fingerprint density at radius 3 is 1.01 bits per heavy atom. The second kappa shape index (κ2) is 34.2. The summed E-state index contributed by atoms with van der Waals surface area (Å²) in [5, 5.41) is 0. The van der Waals surface area contributed by atoms with Gasteiger partial charge >= 0.3 is 0 Å². The van der Waals surface area contributed by atoms with Gasteiger partial charge in [-0.15, -0.1) is 0 Å². The van der Waals surface area contributed by atoms with E-state index in [9.17, 15) is 0 Å². The fourth-order valence-electron chi connectivity index (χ4n) is 12.5. The van der Waals surface area contributed by atoms with Crippen molar-refractivity contribution in [1.29, 1.82) is 0 Å². The van der Waals surface area contributed by atoms with Gasteiger partial charge in [0.1, 0.15) is 0 Å². The highest BCUT2D eigenvalue weighted by atomic mass is 16.5. The summed E-state index contributed by atoms with van der Waals surface area (Å²) in [6.45, 7) is 9.25. The Balaban J connectivity index is 1.18. The Bertz CT molecular complexity index is 1760. The molecule has 3 heteroatoms. The summed E-state index contributed by atoms with van der Waals surface area (Å²) in [6.07, 6.45) is 52.7. The minimum atomic E-state index is 0.0818. The SMILES string of the molecule is CCCCCCCCCc1ccc(-c2ccc(C(OC(c3ccc(-c4ccc(CCCCCCCCC)cn4)cc3)[C@H]3CC[C@H](CCCCCCC)CC3)[C@H]3CC[C@H](CCCCCCC)CC3)cc2)nc1. The Kier molecular flexibility index (Phi) is 27.5. The highest BCUT2D eigenvalue weighted by Gasteiger charge is 2.36. The predicted molar refractivity (Wildman–Crippen MR) is 307 cm³/mol. The maximum atomic E-state index is 7.86. The second-order valence-electron chi connectivity index (χ2n) is 23.0. The molecule has 392 valence electrons. The maximum absolute atomic E-state index is 7.86. The molecule has 0 N–H and O–H groups in total. The van der Waals surface area contributed by atoms with Gasteiger partial charge in [0.15, 0.2) is 0 Å². The second-order valence-corrected chi connectivity index (χ2v) is 23.0. The van der Waals surface area contributed by atoms with Gasteiger partial charge in [-0.2, -0.15) is 0 Å². The number of aromatic nitrogens is 2. The fourth-order valence-corrected chi connectivity index (χ4v) is 12.5. The zero-order valence-corrected chi connectivity index (χ0v) is 46.3. The van der Waals surface area contributed by atoms with E-state index in [1.807, 2.05) is 0 Å². The topological polar surface area (TPSA) is 35.0 Å². The Labute approximate surface area is 437 Å². The molecule has 2 atom stereocenters. The molecule has 2 aromatic heterocycles. The molecule has 3 nitrogen and oxygen atoms in total. The van der Waals surface area contributed by atoms with Crippen molar-refractivity contribution < 1.29 is 4.74 Å². The average molecular weight is 966 g/mol. The lowest BCUT2D eigenvalue weighted by atomic mass is 9.74. The zero-order valence-electron chi connectivity index (χ0n) is 46.3. The van der Waals surface area contributed by atoms with Crippen molar-refractivity contribution in [2.45, 2.75) is 271 Å². The van der Waals surface area contributed by atoms with E-state index in [2.05, 4.69) is 113 Å². The lowest BCUT2D eigenvalue weighted by molar-refractivity contribution is -0.0907. The van der Waals surface area contributed by atoms with Crippen LogP contribution in [-0.2, 0) is 17.6 Å². The smallest absolute Gasteiger partial charge is 0.0861 e. The van der Waals surface area contributed by atoms with E-state index in [0.29, 0.717) is 11.8 Å². The maximum Gasteiger partial charge on any atom is 0.0861 e. The number of rotatable bonds is 36. The molecule has 2 fully saturated rings. The highest BCUT2D eigenvalue weighted by molar-refractivity contribution is 5.60. The van der Waals surface area contributed by atoms with Crippen LogP contribution < -0.4 is 0 Å². The van der Waals surface area contributed by atoms with Crippen LogP contribution in [0.15, 0.2) is 85.2 Å². The normalized spacial score (nSPS) is 19.2. The van der Waals surface area contributed by atoms with Crippen molar-refractivity contribution in [2.75, 3.05) is 0 Å². The molecule has 0 saturated heterocycles. The number of nitrogens with zero attached hydrogens (tertiary/aromatic N) is 2. The molecule has 0 spiro atoms. The molecule has 2 aliphatic carbocycles. The van der Waals surface area contributed by atoms with Crippen molar-refractivity contribution in [3.8, 4) is 22.5 Å². The van der Waals surface area contributed by atoms with Crippen molar-refractivity contribution in [1.82, 2.24) is 9.97 Å². The van der Waals surface area contributed by atoms with E-state index in [1.54, 1.807) is 0 Å². The summed E-state index contributed by atoms with van der Waals surface area (Å²) in [5.41, 5.74) is 10.0. The minimum Gasteiger partial charge on any atom is -0.365 e. The van der Waals surface area contributed by atoms with Crippen LogP contribution in [0.4, 0.5) is 0 Å². The van der Waals surface area contributed by atoms with Gasteiger partial charge in [-0.25, -0.2) is 0 Å². The standard InChI is InChI=1S/C68H104N2O/c1-5-9-13-17-19-23-27-31-57-37-51-65(69-53-57)59-43-47-63(48-44-59)67(61-39-33-55(34-40-61)29-25-21-15-11-7-3)71-68(62-41-35-56(36-42-62)30-26-22-16-12-8-4)64-49-45-60(46-50-64)66-52-38-58(54-70-66)32-28-24-20-18-14-10-6-2/h37-38,43-56,61-62,67-68H,5-36,39-42H2,1-4H3/t55-,56-,61-,62-,67?,68?. The number of ether oxygens (including phenoxy) is 1. The summed E-state index contributed by atoms with van der Waals surface area (Å²) in [5.74, 6) is 2.82. The molecule has 0 bridgehead atoms. The van der Waals surface area contributed by atoms with Gasteiger partial charge in [-0.3, -0.25) is 9.97 Å². The van der Waals surface area contributed by atoms with E-state index in [4.69, 9.17) is 14.7 Å². The molecule has 71 heavy (non-hydrogen) atoms. The van der Waals surface area contributed by atoms with Gasteiger partial charge in [0.05, 0.1) is 23.6 Å². The number of benzene rings is 2. The number of aryl methyl sites for hydroxylation is 2. The van der Waals surface area contributed by atoms with E-state index in [0.717, 1.165) is 36.1 Å². The third-order valence-corrected chi connectivity index (χ3v) is 17.2. The van der Waals surface area contributed by atoms with Crippen molar-refractivity contribution >= 4 is 0 Å². The molecule has 2 aromatic carbocycles. The van der Waals surface area contributed by atoms with E-state index >= 15 is 0 Å². The molecule has 2 unspecified atom stereocenters.